The second-order valence-electron chi connectivity index (χ2n) is 6.70. The molecule has 1 saturated heterocycles. The van der Waals surface area contributed by atoms with Gasteiger partial charge in [-0.25, -0.2) is 4.79 Å². The first-order chi connectivity index (χ1) is 13.5. The molecule has 28 heavy (non-hydrogen) atoms. The highest BCUT2D eigenvalue weighted by atomic mass is 16.5. The van der Waals surface area contributed by atoms with Crippen molar-refractivity contribution in [1.82, 2.24) is 10.2 Å². The van der Waals surface area contributed by atoms with Crippen molar-refractivity contribution in [2.45, 2.75) is 25.4 Å². The lowest BCUT2D eigenvalue weighted by Crippen LogP contribution is -2.40. The van der Waals surface area contributed by atoms with E-state index >= 15 is 0 Å². The summed E-state index contributed by atoms with van der Waals surface area (Å²) in [4.78, 5) is 26.7. The fourth-order valence-electron chi connectivity index (χ4n) is 3.37. The predicted molar refractivity (Wildman–Crippen MR) is 107 cm³/mol. The van der Waals surface area contributed by atoms with Crippen LogP contribution in [0.3, 0.4) is 0 Å². The Morgan fingerprint density at radius 1 is 1.14 bits per heavy atom. The van der Waals surface area contributed by atoms with Gasteiger partial charge in [-0.2, -0.15) is 0 Å². The molecule has 2 N–H and O–H groups in total. The molecule has 2 unspecified atom stereocenters. The molecule has 7 heteroatoms. The molecule has 2 atom stereocenters. The van der Waals surface area contributed by atoms with Crippen molar-refractivity contribution >= 4 is 17.6 Å². The lowest BCUT2D eigenvalue weighted by Gasteiger charge is -2.25. The number of likely N-dealkylation sites (tertiary alicyclic amines) is 1. The van der Waals surface area contributed by atoms with Crippen LogP contribution in [0, 0.1) is 0 Å². The minimum Gasteiger partial charge on any atom is -0.497 e. The molecule has 3 amide bonds. The monoisotopic (exact) mass is 383 g/mol. The summed E-state index contributed by atoms with van der Waals surface area (Å²) < 4.78 is 10.5. The number of hydrogen-bond acceptors (Lipinski definition) is 4. The number of carbonyl (C=O) groups excluding carboxylic acids is 2. The van der Waals surface area contributed by atoms with Gasteiger partial charge in [0, 0.05) is 19.0 Å². The second kappa shape index (κ2) is 8.65. The molecule has 3 rings (SSSR count). The summed E-state index contributed by atoms with van der Waals surface area (Å²) in [5.74, 6) is 1.16. The van der Waals surface area contributed by atoms with Gasteiger partial charge in [-0.05, 0) is 24.6 Å². The van der Waals surface area contributed by atoms with Crippen molar-refractivity contribution in [1.29, 1.82) is 0 Å². The zero-order chi connectivity index (χ0) is 20.1. The van der Waals surface area contributed by atoms with Gasteiger partial charge in [0.15, 0.2) is 0 Å². The average molecular weight is 383 g/mol. The molecule has 0 aliphatic carbocycles. The molecule has 2 aromatic carbocycles. The highest BCUT2D eigenvalue weighted by Crippen LogP contribution is 2.29. The number of benzene rings is 2. The van der Waals surface area contributed by atoms with Gasteiger partial charge in [-0.1, -0.05) is 30.3 Å². The van der Waals surface area contributed by atoms with Gasteiger partial charge in [0.1, 0.15) is 11.5 Å². The second-order valence-corrected chi connectivity index (χ2v) is 6.70. The summed E-state index contributed by atoms with van der Waals surface area (Å²) in [6, 6.07) is 14.3. The van der Waals surface area contributed by atoms with E-state index in [-0.39, 0.29) is 24.4 Å². The number of nitrogens with zero attached hydrogens (tertiary/aromatic N) is 1. The van der Waals surface area contributed by atoms with E-state index in [1.807, 2.05) is 37.3 Å². The highest BCUT2D eigenvalue weighted by Gasteiger charge is 2.34. The van der Waals surface area contributed by atoms with E-state index in [0.717, 1.165) is 5.56 Å². The van der Waals surface area contributed by atoms with Crippen LogP contribution >= 0.6 is 0 Å². The lowest BCUT2D eigenvalue weighted by atomic mass is 10.1. The minimum atomic E-state index is -0.390. The van der Waals surface area contributed by atoms with Crippen LogP contribution < -0.4 is 20.1 Å². The van der Waals surface area contributed by atoms with Crippen LogP contribution in [0.15, 0.2) is 48.5 Å². The van der Waals surface area contributed by atoms with Gasteiger partial charge < -0.3 is 25.0 Å². The Labute approximate surface area is 164 Å². The number of ether oxygens (including phenoxy) is 2. The van der Waals surface area contributed by atoms with Crippen molar-refractivity contribution in [3.8, 4) is 11.5 Å². The zero-order valence-corrected chi connectivity index (χ0v) is 16.3. The summed E-state index contributed by atoms with van der Waals surface area (Å²) in [7, 11) is 3.08. The van der Waals surface area contributed by atoms with Gasteiger partial charge in [-0.15, -0.1) is 0 Å². The number of rotatable bonds is 6. The maximum atomic E-state index is 12.4. The molecule has 148 valence electrons. The Hall–Kier alpha value is -3.22. The molecule has 0 radical (unpaired) electrons. The number of anilines is 1. The fraction of sp³-hybridized carbons (Fsp3) is 0.333. The van der Waals surface area contributed by atoms with E-state index in [2.05, 4.69) is 10.6 Å². The van der Waals surface area contributed by atoms with Crippen LogP contribution in [0.4, 0.5) is 10.5 Å². The van der Waals surface area contributed by atoms with E-state index in [0.29, 0.717) is 23.7 Å². The summed E-state index contributed by atoms with van der Waals surface area (Å²) in [5, 5.41) is 5.64. The van der Waals surface area contributed by atoms with Crippen molar-refractivity contribution in [3.05, 3.63) is 54.1 Å². The van der Waals surface area contributed by atoms with E-state index in [1.54, 1.807) is 30.2 Å². The minimum absolute atomic E-state index is 0.0283. The third-order valence-electron chi connectivity index (χ3n) is 4.90. The largest absolute Gasteiger partial charge is 0.497 e. The normalized spacial score (nSPS) is 17.2. The first-order valence-corrected chi connectivity index (χ1v) is 9.15. The van der Waals surface area contributed by atoms with Gasteiger partial charge in [-0.3, -0.25) is 4.79 Å². The molecule has 0 saturated carbocycles. The quantitative estimate of drug-likeness (QED) is 0.803. The summed E-state index contributed by atoms with van der Waals surface area (Å²) >= 11 is 0. The number of urea groups is 1. The van der Waals surface area contributed by atoms with Crippen molar-refractivity contribution in [2.75, 3.05) is 26.1 Å². The Balaban J connectivity index is 1.62. The molecule has 0 bridgehead atoms. The van der Waals surface area contributed by atoms with Gasteiger partial charge in [0.05, 0.1) is 32.0 Å². The van der Waals surface area contributed by atoms with Crippen LogP contribution in [-0.4, -0.2) is 43.6 Å². The number of amides is 3. The highest BCUT2D eigenvalue weighted by molar-refractivity contribution is 5.92. The SMILES string of the molecule is COc1ccc(OC)c(NC(=O)NC2CC(=O)N(C(C)c3ccccc3)C2)c1. The first kappa shape index (κ1) is 19.5. The van der Waals surface area contributed by atoms with Gasteiger partial charge >= 0.3 is 6.03 Å². The molecular formula is C21H25N3O4. The third-order valence-corrected chi connectivity index (χ3v) is 4.90. The molecule has 0 spiro atoms. The maximum absolute atomic E-state index is 12.4. The molecule has 1 aliphatic heterocycles. The fourth-order valence-corrected chi connectivity index (χ4v) is 3.37. The van der Waals surface area contributed by atoms with Crippen LogP contribution in [-0.2, 0) is 4.79 Å². The van der Waals surface area contributed by atoms with E-state index in [1.165, 1.54) is 7.11 Å². The zero-order valence-electron chi connectivity index (χ0n) is 16.3. The van der Waals surface area contributed by atoms with Crippen LogP contribution in [0.25, 0.3) is 0 Å². The molecule has 2 aromatic rings. The molecule has 7 nitrogen and oxygen atoms in total. The Bertz CT molecular complexity index is 841. The van der Waals surface area contributed by atoms with E-state index in [4.69, 9.17) is 9.47 Å². The van der Waals surface area contributed by atoms with E-state index < -0.39 is 6.03 Å². The standard InChI is InChI=1S/C21H25N3O4/c1-14(15-7-5-4-6-8-15)24-13-16(11-20(24)25)22-21(26)23-18-12-17(27-2)9-10-19(18)28-3/h4-10,12,14,16H,11,13H2,1-3H3,(H2,22,23,26). The van der Waals surface area contributed by atoms with Crippen LogP contribution in [0.2, 0.25) is 0 Å². The Morgan fingerprint density at radius 3 is 2.57 bits per heavy atom. The van der Waals surface area contributed by atoms with Crippen LogP contribution in [0.5, 0.6) is 11.5 Å². The first-order valence-electron chi connectivity index (χ1n) is 9.15. The molecule has 1 fully saturated rings. The number of carbonyl (C=O) groups is 2. The number of nitrogens with one attached hydrogen (secondary N) is 2. The molecular weight excluding hydrogens is 358 g/mol. The van der Waals surface area contributed by atoms with Crippen LogP contribution in [0.1, 0.15) is 24.9 Å². The molecule has 1 aliphatic rings. The maximum Gasteiger partial charge on any atom is 0.319 e. The lowest BCUT2D eigenvalue weighted by molar-refractivity contribution is -0.129. The summed E-state index contributed by atoms with van der Waals surface area (Å²) in [5.41, 5.74) is 1.57. The Kier molecular flexibility index (Phi) is 6.03. The third kappa shape index (κ3) is 4.36. The summed E-state index contributed by atoms with van der Waals surface area (Å²) in [6.07, 6.45) is 0.278. The smallest absolute Gasteiger partial charge is 0.319 e. The number of hydrogen-bond donors (Lipinski definition) is 2. The Morgan fingerprint density at radius 2 is 1.89 bits per heavy atom. The van der Waals surface area contributed by atoms with Gasteiger partial charge in [0.25, 0.3) is 0 Å². The van der Waals surface area contributed by atoms with Crippen molar-refractivity contribution in [2.24, 2.45) is 0 Å². The number of methoxy groups -OCH3 is 2. The topological polar surface area (TPSA) is 79.9 Å². The van der Waals surface area contributed by atoms with E-state index in [9.17, 15) is 9.59 Å². The molecule has 1 heterocycles. The van der Waals surface area contributed by atoms with Crippen molar-refractivity contribution in [3.63, 3.8) is 0 Å². The van der Waals surface area contributed by atoms with Gasteiger partial charge in [0.2, 0.25) is 5.91 Å². The predicted octanol–water partition coefficient (Wildman–Crippen LogP) is 3.19. The summed E-state index contributed by atoms with van der Waals surface area (Å²) in [6.45, 7) is 2.47. The van der Waals surface area contributed by atoms with Crippen molar-refractivity contribution < 1.29 is 19.1 Å². The molecule has 0 aromatic heterocycles. The average Bonchev–Trinajstić information content (AvgIpc) is 3.07.